The third-order valence-electron chi connectivity index (χ3n) is 7.04. The average Bonchev–Trinajstić information content (AvgIpc) is 3.09. The number of Topliss-reactive ketones (excluding diaryl/α,β-unsaturated/α-hetero) is 1. The van der Waals surface area contributed by atoms with Crippen molar-refractivity contribution in [3.05, 3.63) is 82.4 Å². The maximum atomic E-state index is 14.2. The smallest absolute Gasteiger partial charge is 0.341 e. The number of para-hydroxylation sites is 1. The molecular weight excluding hydrogens is 578 g/mol. The number of hydrogen-bond acceptors (Lipinski definition) is 8. The van der Waals surface area contributed by atoms with E-state index in [4.69, 9.17) is 35.7 Å². The van der Waals surface area contributed by atoms with Gasteiger partial charge in [0.1, 0.15) is 18.0 Å². The number of carboxylic acid groups (broad SMARTS) is 1. The molecule has 3 aromatic rings. The molecule has 0 radical (unpaired) electrons. The first-order chi connectivity index (χ1) is 20.5. The molecule has 1 aliphatic rings. The van der Waals surface area contributed by atoms with Gasteiger partial charge in [-0.3, -0.25) is 9.59 Å². The molecule has 2 atom stereocenters. The number of halogens is 1. The molecule has 1 heterocycles. The number of aliphatic carboxylic acids is 1. The van der Waals surface area contributed by atoms with Crippen LogP contribution < -0.4 is 19.1 Å². The fourth-order valence-corrected chi connectivity index (χ4v) is 5.05. The van der Waals surface area contributed by atoms with E-state index in [0.29, 0.717) is 38.9 Å². The van der Waals surface area contributed by atoms with Crippen LogP contribution in [0.2, 0.25) is 5.02 Å². The van der Waals surface area contributed by atoms with Gasteiger partial charge in [0.05, 0.1) is 14.2 Å². The predicted molar refractivity (Wildman–Crippen MR) is 159 cm³/mol. The van der Waals surface area contributed by atoms with E-state index in [1.807, 2.05) is 13.8 Å². The molecule has 0 spiro atoms. The number of methoxy groups -OCH3 is 2. The number of nitrogens with zero attached hydrogens (tertiary/aromatic N) is 1. The van der Waals surface area contributed by atoms with Gasteiger partial charge in [0.2, 0.25) is 0 Å². The summed E-state index contributed by atoms with van der Waals surface area (Å²) in [6.07, 6.45) is -2.40. The topological polar surface area (TPSA) is 132 Å². The monoisotopic (exact) mass is 611 g/mol. The summed E-state index contributed by atoms with van der Waals surface area (Å²) < 4.78 is 22.9. The van der Waals surface area contributed by atoms with E-state index >= 15 is 0 Å². The van der Waals surface area contributed by atoms with Crippen LogP contribution in [-0.2, 0) is 14.3 Å². The highest BCUT2D eigenvalue weighted by Crippen LogP contribution is 2.45. The lowest BCUT2D eigenvalue weighted by molar-refractivity contribution is -0.139. The maximum absolute atomic E-state index is 14.2. The molecule has 0 saturated heterocycles. The van der Waals surface area contributed by atoms with Crippen molar-refractivity contribution in [2.45, 2.75) is 32.5 Å². The fourth-order valence-electron chi connectivity index (χ4n) is 4.87. The van der Waals surface area contributed by atoms with Gasteiger partial charge in [0.25, 0.3) is 5.91 Å². The molecule has 0 bridgehead atoms. The number of carboxylic acids is 1. The number of rotatable bonds is 12. The van der Waals surface area contributed by atoms with Gasteiger partial charge in [-0.2, -0.15) is 0 Å². The number of anilines is 1. The molecule has 4 rings (SSSR count). The molecule has 0 saturated carbocycles. The number of ether oxygens (including phenoxy) is 4. The third kappa shape index (κ3) is 7.27. The highest BCUT2D eigenvalue weighted by atomic mass is 35.5. The van der Waals surface area contributed by atoms with E-state index in [0.717, 1.165) is 0 Å². The van der Waals surface area contributed by atoms with Crippen LogP contribution in [0, 0.1) is 5.41 Å². The van der Waals surface area contributed by atoms with Crippen molar-refractivity contribution in [3.63, 3.8) is 0 Å². The molecule has 2 N–H and O–H groups in total. The molecule has 0 aliphatic carbocycles. The Bertz CT molecular complexity index is 1490. The summed E-state index contributed by atoms with van der Waals surface area (Å²) in [5.41, 5.74) is 1.29. The third-order valence-corrected chi connectivity index (χ3v) is 7.28. The number of carbonyl (C=O) groups excluding carboxylic acids is 2. The zero-order valence-corrected chi connectivity index (χ0v) is 25.1. The summed E-state index contributed by atoms with van der Waals surface area (Å²) in [6.45, 7) is 3.10. The second-order valence-corrected chi connectivity index (χ2v) is 11.3. The zero-order chi connectivity index (χ0) is 31.3. The lowest BCUT2D eigenvalue weighted by Gasteiger charge is -2.32. The minimum Gasteiger partial charge on any atom is -0.493 e. The molecule has 0 unspecified atom stereocenters. The number of aliphatic hydroxyl groups excluding tert-OH is 1. The van der Waals surface area contributed by atoms with E-state index < -0.39 is 36.1 Å². The molecule has 1 amide bonds. The van der Waals surface area contributed by atoms with E-state index in [1.165, 1.54) is 43.4 Å². The van der Waals surface area contributed by atoms with Gasteiger partial charge in [-0.15, -0.1) is 0 Å². The van der Waals surface area contributed by atoms with Crippen LogP contribution in [0.25, 0.3) is 0 Å². The largest absolute Gasteiger partial charge is 0.493 e. The lowest BCUT2D eigenvalue weighted by Crippen LogP contribution is -2.45. The number of hydrogen-bond donors (Lipinski definition) is 2. The van der Waals surface area contributed by atoms with Crippen molar-refractivity contribution in [3.8, 4) is 17.2 Å². The van der Waals surface area contributed by atoms with E-state index in [-0.39, 0.29) is 31.1 Å². The number of fused-ring (bicyclic) bond motifs is 1. The standard InChI is InChI=1S/C32H34ClNO9/c1-32(2,18-35)17-34-24-13-10-20(33)14-23(24)29(22-6-5-7-26(40-3)30(22)41-4)43-27(31(34)39)15-25(36)19-8-11-21(12-9-19)42-16-28(37)38/h5-14,27,29,35H,15-18H2,1-4H3,(H,37,38)/t27-,29-/m1/s1. The fraction of sp³-hybridized carbons (Fsp3) is 0.344. The van der Waals surface area contributed by atoms with Crippen LogP contribution in [-0.4, -0.2) is 68.0 Å². The molecule has 228 valence electrons. The molecule has 11 heteroatoms. The van der Waals surface area contributed by atoms with Gasteiger partial charge in [-0.05, 0) is 48.5 Å². The number of aliphatic hydroxyl groups is 1. The SMILES string of the molecule is COc1cccc([C@H]2O[C@H](CC(=O)c3ccc(OCC(=O)O)cc3)C(=O)N(CC(C)(C)CO)c3ccc(Cl)cc32)c1OC. The minimum absolute atomic E-state index is 0.141. The summed E-state index contributed by atoms with van der Waals surface area (Å²) in [5.74, 6) is -0.800. The molecule has 43 heavy (non-hydrogen) atoms. The quantitative estimate of drug-likeness (QED) is 0.274. The summed E-state index contributed by atoms with van der Waals surface area (Å²) in [7, 11) is 3.02. The Morgan fingerprint density at radius 1 is 1.02 bits per heavy atom. The van der Waals surface area contributed by atoms with Crippen LogP contribution >= 0.6 is 11.6 Å². The molecular formula is C32H34ClNO9. The van der Waals surface area contributed by atoms with Crippen molar-refractivity contribution >= 4 is 34.9 Å². The predicted octanol–water partition coefficient (Wildman–Crippen LogP) is 4.93. The first-order valence-corrected chi connectivity index (χ1v) is 13.9. The Morgan fingerprint density at radius 2 is 1.74 bits per heavy atom. The minimum atomic E-state index is -1.22. The van der Waals surface area contributed by atoms with Gasteiger partial charge in [-0.25, -0.2) is 4.79 Å². The first kappa shape index (κ1) is 31.8. The zero-order valence-electron chi connectivity index (χ0n) is 24.3. The van der Waals surface area contributed by atoms with Crippen LogP contribution in [0.15, 0.2) is 60.7 Å². The van der Waals surface area contributed by atoms with Crippen LogP contribution in [0.3, 0.4) is 0 Å². The molecule has 10 nitrogen and oxygen atoms in total. The van der Waals surface area contributed by atoms with Crippen LogP contribution in [0.4, 0.5) is 5.69 Å². The average molecular weight is 612 g/mol. The highest BCUT2D eigenvalue weighted by Gasteiger charge is 2.40. The second-order valence-electron chi connectivity index (χ2n) is 10.9. The highest BCUT2D eigenvalue weighted by molar-refractivity contribution is 6.30. The van der Waals surface area contributed by atoms with Crippen molar-refractivity contribution in [1.29, 1.82) is 0 Å². The lowest BCUT2D eigenvalue weighted by atomic mass is 9.92. The Morgan fingerprint density at radius 3 is 2.37 bits per heavy atom. The summed E-state index contributed by atoms with van der Waals surface area (Å²) in [5, 5.41) is 19.3. The van der Waals surface area contributed by atoms with E-state index in [1.54, 1.807) is 36.4 Å². The van der Waals surface area contributed by atoms with Gasteiger partial charge in [0.15, 0.2) is 23.9 Å². The number of carbonyl (C=O) groups is 3. The van der Waals surface area contributed by atoms with E-state index in [2.05, 4.69) is 0 Å². The summed E-state index contributed by atoms with van der Waals surface area (Å²) >= 11 is 6.46. The Labute approximate surface area is 254 Å². The summed E-state index contributed by atoms with van der Waals surface area (Å²) in [4.78, 5) is 40.1. The van der Waals surface area contributed by atoms with Crippen molar-refractivity contribution < 1.29 is 43.5 Å². The number of amides is 1. The molecule has 0 fully saturated rings. The maximum Gasteiger partial charge on any atom is 0.341 e. The Hall–Kier alpha value is -4.12. The first-order valence-electron chi connectivity index (χ1n) is 13.5. The second kappa shape index (κ2) is 13.5. The number of benzene rings is 3. The van der Waals surface area contributed by atoms with Crippen LogP contribution in [0.5, 0.6) is 17.2 Å². The Balaban J connectivity index is 1.79. The van der Waals surface area contributed by atoms with Crippen molar-refractivity contribution in [2.24, 2.45) is 5.41 Å². The van der Waals surface area contributed by atoms with Crippen molar-refractivity contribution in [2.75, 3.05) is 38.9 Å². The molecule has 3 aromatic carbocycles. The van der Waals surface area contributed by atoms with E-state index in [9.17, 15) is 19.5 Å². The molecule has 1 aliphatic heterocycles. The summed E-state index contributed by atoms with van der Waals surface area (Å²) in [6, 6.07) is 16.4. The van der Waals surface area contributed by atoms with Crippen LogP contribution in [0.1, 0.15) is 47.9 Å². The Kier molecular flexibility index (Phi) is 9.95. The van der Waals surface area contributed by atoms with Gasteiger partial charge >= 0.3 is 5.97 Å². The van der Waals surface area contributed by atoms with Gasteiger partial charge < -0.3 is 34.1 Å². The normalized spacial score (nSPS) is 16.7. The van der Waals surface area contributed by atoms with Crippen molar-refractivity contribution in [1.82, 2.24) is 0 Å². The molecule has 0 aromatic heterocycles. The van der Waals surface area contributed by atoms with Gasteiger partial charge in [-0.1, -0.05) is 37.6 Å². The van der Waals surface area contributed by atoms with Gasteiger partial charge in [0, 0.05) is 52.4 Å². The number of ketones is 1.